The molecule has 1 aromatic carbocycles. The number of carbonyl (C=O) groups excluding carboxylic acids is 1. The van der Waals surface area contributed by atoms with Gasteiger partial charge in [-0.15, -0.1) is 12.4 Å². The molecular weight excluding hydrogens is 198 g/mol. The van der Waals surface area contributed by atoms with Crippen molar-refractivity contribution in [3.8, 4) is 0 Å². The molecule has 1 aliphatic heterocycles. The van der Waals surface area contributed by atoms with Crippen LogP contribution in [0.5, 0.6) is 0 Å². The zero-order valence-electron chi connectivity index (χ0n) is 7.90. The van der Waals surface area contributed by atoms with Gasteiger partial charge in [0.05, 0.1) is 6.04 Å². The van der Waals surface area contributed by atoms with Gasteiger partial charge in [0.1, 0.15) is 0 Å². The summed E-state index contributed by atoms with van der Waals surface area (Å²) in [5, 5.41) is 3.24. The highest BCUT2D eigenvalue weighted by Gasteiger charge is 2.22. The largest absolute Gasteiger partial charge is 0.304 e. The average molecular weight is 212 g/mol. The summed E-state index contributed by atoms with van der Waals surface area (Å²) in [6.07, 6.45) is 1.69. The first-order valence-electron chi connectivity index (χ1n) is 4.69. The van der Waals surface area contributed by atoms with E-state index in [1.165, 1.54) is 0 Å². The number of hydrogen-bond acceptors (Lipinski definition) is 2. The van der Waals surface area contributed by atoms with E-state index in [1.54, 1.807) is 0 Å². The predicted octanol–water partition coefficient (Wildman–Crippen LogP) is 2.10. The predicted molar refractivity (Wildman–Crippen MR) is 58.7 cm³/mol. The maximum atomic E-state index is 11.5. The number of carbonyl (C=O) groups is 1. The van der Waals surface area contributed by atoms with Crippen molar-refractivity contribution in [3.63, 3.8) is 0 Å². The Hall–Kier alpha value is -0.860. The zero-order valence-corrected chi connectivity index (χ0v) is 8.72. The van der Waals surface area contributed by atoms with Crippen molar-refractivity contribution in [1.29, 1.82) is 0 Å². The van der Waals surface area contributed by atoms with Gasteiger partial charge < -0.3 is 5.32 Å². The molecule has 3 heteroatoms. The van der Waals surface area contributed by atoms with Gasteiger partial charge in [0.2, 0.25) is 0 Å². The maximum Gasteiger partial charge on any atom is 0.154 e. The van der Waals surface area contributed by atoms with Gasteiger partial charge in [0.25, 0.3) is 0 Å². The summed E-state index contributed by atoms with van der Waals surface area (Å²) in [6, 6.07) is 9.85. The highest BCUT2D eigenvalue weighted by Crippen LogP contribution is 2.18. The van der Waals surface area contributed by atoms with Crippen LogP contribution in [0.1, 0.15) is 24.4 Å². The van der Waals surface area contributed by atoms with Crippen LogP contribution in [0.25, 0.3) is 0 Å². The minimum Gasteiger partial charge on any atom is -0.304 e. The van der Waals surface area contributed by atoms with E-state index < -0.39 is 0 Å². The third-order valence-electron chi connectivity index (χ3n) is 2.40. The molecule has 0 radical (unpaired) electrons. The molecule has 0 spiro atoms. The normalized spacial score (nSPS) is 21.4. The summed E-state index contributed by atoms with van der Waals surface area (Å²) in [5.74, 6) is 0.317. The lowest BCUT2D eigenvalue weighted by Gasteiger charge is -2.22. The highest BCUT2D eigenvalue weighted by atomic mass is 35.5. The summed E-state index contributed by atoms with van der Waals surface area (Å²) in [6.45, 7) is 0.950. The lowest BCUT2D eigenvalue weighted by Crippen LogP contribution is -2.34. The number of halogens is 1. The van der Waals surface area contributed by atoms with Crippen LogP contribution in [-0.4, -0.2) is 12.3 Å². The molecule has 1 aliphatic rings. The van der Waals surface area contributed by atoms with Crippen molar-refractivity contribution >= 4 is 18.2 Å². The molecule has 14 heavy (non-hydrogen) atoms. The van der Waals surface area contributed by atoms with Crippen molar-refractivity contribution in [2.24, 2.45) is 0 Å². The molecule has 0 amide bonds. The Morgan fingerprint density at radius 3 is 2.57 bits per heavy atom. The number of rotatable bonds is 1. The lowest BCUT2D eigenvalue weighted by molar-refractivity contribution is -0.122. The van der Waals surface area contributed by atoms with Crippen LogP contribution in [-0.2, 0) is 4.79 Å². The fourth-order valence-corrected chi connectivity index (χ4v) is 1.72. The number of Topliss-reactive ketones (excluding diaryl/α,β-unsaturated/α-hetero) is 1. The average Bonchev–Trinajstić information content (AvgIpc) is 2.20. The number of benzene rings is 1. The van der Waals surface area contributed by atoms with Crippen LogP contribution in [0.2, 0.25) is 0 Å². The van der Waals surface area contributed by atoms with Crippen molar-refractivity contribution in [2.45, 2.75) is 18.9 Å². The first kappa shape index (κ1) is 11.2. The monoisotopic (exact) mass is 211 g/mol. The van der Waals surface area contributed by atoms with E-state index in [0.717, 1.165) is 18.5 Å². The molecule has 0 aromatic heterocycles. The minimum absolute atomic E-state index is 0. The van der Waals surface area contributed by atoms with Crippen LogP contribution in [0.3, 0.4) is 0 Å². The second-order valence-corrected chi connectivity index (χ2v) is 3.37. The van der Waals surface area contributed by atoms with Gasteiger partial charge in [-0.2, -0.15) is 0 Å². The molecule has 0 aliphatic carbocycles. The Morgan fingerprint density at radius 2 is 1.93 bits per heavy atom. The lowest BCUT2D eigenvalue weighted by atomic mass is 9.96. The molecular formula is C11H14ClNO. The SMILES string of the molecule is Cl.O=C1CCCNC1c1ccccc1. The van der Waals surface area contributed by atoms with Crippen LogP contribution >= 0.6 is 12.4 Å². The molecule has 1 heterocycles. The van der Waals surface area contributed by atoms with Crippen LogP contribution in [0, 0.1) is 0 Å². The second kappa shape index (κ2) is 5.13. The van der Waals surface area contributed by atoms with Crippen molar-refractivity contribution in [1.82, 2.24) is 5.32 Å². The fraction of sp³-hybridized carbons (Fsp3) is 0.364. The Balaban J connectivity index is 0.000000980. The fourth-order valence-electron chi connectivity index (χ4n) is 1.72. The van der Waals surface area contributed by atoms with Crippen LogP contribution < -0.4 is 5.32 Å². The van der Waals surface area contributed by atoms with E-state index in [-0.39, 0.29) is 18.4 Å². The van der Waals surface area contributed by atoms with Crippen LogP contribution in [0.4, 0.5) is 0 Å². The zero-order chi connectivity index (χ0) is 9.10. The van der Waals surface area contributed by atoms with Crippen molar-refractivity contribution < 1.29 is 4.79 Å². The van der Waals surface area contributed by atoms with E-state index >= 15 is 0 Å². The molecule has 0 bridgehead atoms. The first-order chi connectivity index (χ1) is 6.38. The number of ketones is 1. The van der Waals surface area contributed by atoms with Gasteiger partial charge in [-0.05, 0) is 18.5 Å². The second-order valence-electron chi connectivity index (χ2n) is 3.37. The summed E-state index contributed by atoms with van der Waals surface area (Å²) >= 11 is 0. The summed E-state index contributed by atoms with van der Waals surface area (Å²) < 4.78 is 0. The molecule has 1 fully saturated rings. The molecule has 1 unspecified atom stereocenters. The summed E-state index contributed by atoms with van der Waals surface area (Å²) in [5.41, 5.74) is 1.09. The van der Waals surface area contributed by atoms with E-state index in [9.17, 15) is 4.79 Å². The first-order valence-corrected chi connectivity index (χ1v) is 4.69. The summed E-state index contributed by atoms with van der Waals surface area (Å²) in [4.78, 5) is 11.5. The van der Waals surface area contributed by atoms with E-state index in [2.05, 4.69) is 5.32 Å². The molecule has 1 saturated heterocycles. The van der Waals surface area contributed by atoms with E-state index in [1.807, 2.05) is 30.3 Å². The third kappa shape index (κ3) is 2.34. The van der Waals surface area contributed by atoms with Crippen molar-refractivity contribution in [2.75, 3.05) is 6.54 Å². The quantitative estimate of drug-likeness (QED) is 0.771. The van der Waals surface area contributed by atoms with Crippen molar-refractivity contribution in [3.05, 3.63) is 35.9 Å². The van der Waals surface area contributed by atoms with Gasteiger partial charge in [-0.1, -0.05) is 30.3 Å². The van der Waals surface area contributed by atoms with Crippen LogP contribution in [0.15, 0.2) is 30.3 Å². The minimum atomic E-state index is -0.0602. The van der Waals surface area contributed by atoms with E-state index in [4.69, 9.17) is 0 Å². The Bertz CT molecular complexity index is 299. The summed E-state index contributed by atoms with van der Waals surface area (Å²) in [7, 11) is 0. The van der Waals surface area contributed by atoms with E-state index in [0.29, 0.717) is 12.2 Å². The number of piperidine rings is 1. The Morgan fingerprint density at radius 1 is 1.21 bits per heavy atom. The molecule has 2 nitrogen and oxygen atoms in total. The highest BCUT2D eigenvalue weighted by molar-refractivity contribution is 5.86. The molecule has 0 saturated carbocycles. The van der Waals surface area contributed by atoms with Gasteiger partial charge >= 0.3 is 0 Å². The Labute approximate surface area is 90.1 Å². The maximum absolute atomic E-state index is 11.5. The van der Waals surface area contributed by atoms with Gasteiger partial charge in [0, 0.05) is 6.42 Å². The van der Waals surface area contributed by atoms with Gasteiger partial charge in [0.15, 0.2) is 5.78 Å². The third-order valence-corrected chi connectivity index (χ3v) is 2.40. The molecule has 2 rings (SSSR count). The molecule has 1 aromatic rings. The topological polar surface area (TPSA) is 29.1 Å². The molecule has 1 N–H and O–H groups in total. The number of nitrogens with one attached hydrogen (secondary N) is 1. The van der Waals surface area contributed by atoms with Gasteiger partial charge in [-0.3, -0.25) is 4.79 Å². The van der Waals surface area contributed by atoms with Gasteiger partial charge in [-0.25, -0.2) is 0 Å². The standard InChI is InChI=1S/C11H13NO.ClH/c13-10-7-4-8-12-11(10)9-5-2-1-3-6-9;/h1-3,5-6,11-12H,4,7-8H2;1H. The smallest absolute Gasteiger partial charge is 0.154 e. The number of hydrogen-bond donors (Lipinski definition) is 1. The molecule has 76 valence electrons. The Kier molecular flexibility index (Phi) is 4.11. The molecule has 1 atom stereocenters.